The molecule has 0 fully saturated rings. The van der Waals surface area contributed by atoms with E-state index in [0.717, 1.165) is 24.5 Å². The van der Waals surface area contributed by atoms with E-state index in [1.165, 1.54) is 0 Å². The van der Waals surface area contributed by atoms with E-state index in [2.05, 4.69) is 39.9 Å². The highest BCUT2D eigenvalue weighted by atomic mass is 16.5. The second-order valence-electron chi connectivity index (χ2n) is 6.59. The molecule has 0 amide bonds. The molecule has 21 heavy (non-hydrogen) atoms. The van der Waals surface area contributed by atoms with Crippen LogP contribution in [0.2, 0.25) is 0 Å². The summed E-state index contributed by atoms with van der Waals surface area (Å²) in [6.45, 7) is 13.0. The highest BCUT2D eigenvalue weighted by Crippen LogP contribution is 2.32. The van der Waals surface area contributed by atoms with E-state index in [1.54, 1.807) is 7.11 Å². The number of ether oxygens (including phenoxy) is 2. The molecule has 0 spiro atoms. The summed E-state index contributed by atoms with van der Waals surface area (Å²) in [5.41, 5.74) is 0.228. The molecule has 0 heterocycles. The van der Waals surface area contributed by atoms with Gasteiger partial charge in [0.1, 0.15) is 0 Å². The minimum Gasteiger partial charge on any atom is -0.493 e. The second kappa shape index (κ2) is 8.28. The van der Waals surface area contributed by atoms with Crippen molar-refractivity contribution in [3.8, 4) is 11.5 Å². The first-order valence-corrected chi connectivity index (χ1v) is 7.88. The van der Waals surface area contributed by atoms with Crippen LogP contribution in [0.4, 0.5) is 0 Å². The monoisotopic (exact) mass is 293 g/mol. The van der Waals surface area contributed by atoms with Gasteiger partial charge in [-0.1, -0.05) is 46.8 Å². The Balaban J connectivity index is 2.57. The summed E-state index contributed by atoms with van der Waals surface area (Å²) >= 11 is 0. The van der Waals surface area contributed by atoms with Gasteiger partial charge in [0.15, 0.2) is 11.5 Å². The van der Waals surface area contributed by atoms with Gasteiger partial charge in [-0.25, -0.2) is 0 Å². The fourth-order valence-corrected chi connectivity index (χ4v) is 2.15. The molecule has 0 radical (unpaired) electrons. The number of methoxy groups -OCH3 is 1. The molecular formula is C18H31NO2. The number of para-hydroxylation sites is 2. The van der Waals surface area contributed by atoms with E-state index in [1.807, 2.05) is 24.3 Å². The van der Waals surface area contributed by atoms with Crippen LogP contribution in [0, 0.1) is 11.3 Å². The zero-order valence-electron chi connectivity index (χ0n) is 14.4. The van der Waals surface area contributed by atoms with Gasteiger partial charge in [-0.15, -0.1) is 0 Å². The maximum absolute atomic E-state index is 5.93. The predicted octanol–water partition coefficient (Wildman–Crippen LogP) is 4.12. The van der Waals surface area contributed by atoms with Crippen LogP contribution in [0.1, 0.15) is 41.0 Å². The zero-order chi connectivity index (χ0) is 15.9. The van der Waals surface area contributed by atoms with Gasteiger partial charge in [0.05, 0.1) is 13.7 Å². The Labute approximate surface area is 130 Å². The average molecular weight is 293 g/mol. The molecule has 0 saturated carbocycles. The Morgan fingerprint density at radius 2 is 1.71 bits per heavy atom. The second-order valence-corrected chi connectivity index (χ2v) is 6.59. The molecule has 0 aliphatic carbocycles. The Bertz CT molecular complexity index is 417. The van der Waals surface area contributed by atoms with Crippen molar-refractivity contribution in [3.63, 3.8) is 0 Å². The van der Waals surface area contributed by atoms with Crippen LogP contribution in [-0.4, -0.2) is 26.3 Å². The van der Waals surface area contributed by atoms with Gasteiger partial charge >= 0.3 is 0 Å². The third-order valence-electron chi connectivity index (χ3n) is 4.31. The Hall–Kier alpha value is -1.22. The molecular weight excluding hydrogens is 262 g/mol. The van der Waals surface area contributed by atoms with E-state index >= 15 is 0 Å². The van der Waals surface area contributed by atoms with Gasteiger partial charge in [-0.2, -0.15) is 0 Å². The van der Waals surface area contributed by atoms with Crippen molar-refractivity contribution >= 4 is 0 Å². The lowest BCUT2D eigenvalue weighted by Crippen LogP contribution is -2.40. The quantitative estimate of drug-likeness (QED) is 0.743. The van der Waals surface area contributed by atoms with Gasteiger partial charge in [0.25, 0.3) is 0 Å². The SMILES string of the molecule is COc1ccccc1OCCC(C)(CNC(C)C)C(C)C. The molecule has 1 unspecified atom stereocenters. The molecule has 0 aliphatic rings. The Kier molecular flexibility index (Phi) is 7.03. The van der Waals surface area contributed by atoms with Crippen LogP contribution >= 0.6 is 0 Å². The average Bonchev–Trinajstić information content (AvgIpc) is 2.45. The first kappa shape index (κ1) is 17.8. The maximum atomic E-state index is 5.93. The maximum Gasteiger partial charge on any atom is 0.161 e. The van der Waals surface area contributed by atoms with Crippen LogP contribution < -0.4 is 14.8 Å². The fourth-order valence-electron chi connectivity index (χ4n) is 2.15. The highest BCUT2D eigenvalue weighted by molar-refractivity contribution is 5.39. The van der Waals surface area contributed by atoms with Crippen molar-refractivity contribution in [2.24, 2.45) is 11.3 Å². The lowest BCUT2D eigenvalue weighted by molar-refractivity contribution is 0.145. The van der Waals surface area contributed by atoms with Crippen molar-refractivity contribution in [2.75, 3.05) is 20.3 Å². The summed E-state index contributed by atoms with van der Waals surface area (Å²) in [5.74, 6) is 2.22. The van der Waals surface area contributed by atoms with Gasteiger partial charge in [0.2, 0.25) is 0 Å². The van der Waals surface area contributed by atoms with Crippen molar-refractivity contribution < 1.29 is 9.47 Å². The largest absolute Gasteiger partial charge is 0.493 e. The smallest absolute Gasteiger partial charge is 0.161 e. The van der Waals surface area contributed by atoms with Crippen molar-refractivity contribution in [2.45, 2.75) is 47.1 Å². The molecule has 1 N–H and O–H groups in total. The third-order valence-corrected chi connectivity index (χ3v) is 4.31. The summed E-state index contributed by atoms with van der Waals surface area (Å²) < 4.78 is 11.2. The third kappa shape index (κ3) is 5.58. The lowest BCUT2D eigenvalue weighted by atomic mass is 9.76. The number of hydrogen-bond acceptors (Lipinski definition) is 3. The standard InChI is InChI=1S/C18H31NO2/c1-14(2)18(5,13-19-15(3)4)11-12-21-17-10-8-7-9-16(17)20-6/h7-10,14-15,19H,11-13H2,1-6H3. The van der Waals surface area contributed by atoms with E-state index in [0.29, 0.717) is 18.6 Å². The van der Waals surface area contributed by atoms with Gasteiger partial charge in [-0.05, 0) is 29.9 Å². The number of nitrogens with one attached hydrogen (secondary N) is 1. The summed E-state index contributed by atoms with van der Waals surface area (Å²) in [6, 6.07) is 8.32. The Morgan fingerprint density at radius 3 is 2.24 bits per heavy atom. The first-order valence-electron chi connectivity index (χ1n) is 7.88. The fraction of sp³-hybridized carbons (Fsp3) is 0.667. The zero-order valence-corrected chi connectivity index (χ0v) is 14.4. The lowest BCUT2D eigenvalue weighted by Gasteiger charge is -2.35. The van der Waals surface area contributed by atoms with Gasteiger partial charge in [-0.3, -0.25) is 0 Å². The molecule has 1 rings (SSSR count). The van der Waals surface area contributed by atoms with Crippen LogP contribution in [-0.2, 0) is 0 Å². The minimum absolute atomic E-state index is 0.228. The summed E-state index contributed by atoms with van der Waals surface area (Å²) in [6.07, 6.45) is 1.02. The predicted molar refractivity (Wildman–Crippen MR) is 89.2 cm³/mol. The molecule has 3 nitrogen and oxygen atoms in total. The number of rotatable bonds is 9. The van der Waals surface area contributed by atoms with Crippen LogP contribution in [0.3, 0.4) is 0 Å². The highest BCUT2D eigenvalue weighted by Gasteiger charge is 2.28. The Morgan fingerprint density at radius 1 is 1.10 bits per heavy atom. The summed E-state index contributed by atoms with van der Waals surface area (Å²) in [5, 5.41) is 3.56. The van der Waals surface area contributed by atoms with Gasteiger partial charge < -0.3 is 14.8 Å². The van der Waals surface area contributed by atoms with E-state index in [4.69, 9.17) is 9.47 Å². The summed E-state index contributed by atoms with van der Waals surface area (Å²) in [7, 11) is 1.67. The van der Waals surface area contributed by atoms with E-state index in [9.17, 15) is 0 Å². The van der Waals surface area contributed by atoms with E-state index in [-0.39, 0.29) is 5.41 Å². The van der Waals surface area contributed by atoms with Crippen molar-refractivity contribution in [3.05, 3.63) is 24.3 Å². The van der Waals surface area contributed by atoms with Crippen molar-refractivity contribution in [1.82, 2.24) is 5.32 Å². The molecule has 3 heteroatoms. The van der Waals surface area contributed by atoms with E-state index < -0.39 is 0 Å². The number of hydrogen-bond donors (Lipinski definition) is 1. The van der Waals surface area contributed by atoms with Crippen LogP contribution in [0.25, 0.3) is 0 Å². The molecule has 0 aromatic heterocycles. The number of benzene rings is 1. The first-order chi connectivity index (χ1) is 9.89. The van der Waals surface area contributed by atoms with Gasteiger partial charge in [0, 0.05) is 12.6 Å². The molecule has 0 bridgehead atoms. The summed E-state index contributed by atoms with van der Waals surface area (Å²) in [4.78, 5) is 0. The molecule has 120 valence electrons. The van der Waals surface area contributed by atoms with Crippen molar-refractivity contribution in [1.29, 1.82) is 0 Å². The molecule has 0 saturated heterocycles. The molecule has 1 aromatic rings. The topological polar surface area (TPSA) is 30.5 Å². The normalized spacial score (nSPS) is 14.3. The molecule has 0 aliphatic heterocycles. The minimum atomic E-state index is 0.228. The van der Waals surface area contributed by atoms with Crippen LogP contribution in [0.5, 0.6) is 11.5 Å². The molecule has 1 aromatic carbocycles. The molecule has 1 atom stereocenters. The van der Waals surface area contributed by atoms with Crippen LogP contribution in [0.15, 0.2) is 24.3 Å².